The van der Waals surface area contributed by atoms with E-state index in [9.17, 15) is 4.79 Å². The minimum absolute atomic E-state index is 0.132. The van der Waals surface area contributed by atoms with Gasteiger partial charge in [-0.15, -0.1) is 5.10 Å². The SMILES string of the molecule is CC(=O)c1ncn(-c2ccc(OC3CCN(C4CCC4)CC3)cc2)n1. The van der Waals surface area contributed by atoms with Crippen LogP contribution >= 0.6 is 0 Å². The number of nitrogens with zero attached hydrogens (tertiary/aromatic N) is 4. The molecule has 0 bridgehead atoms. The zero-order chi connectivity index (χ0) is 17.2. The van der Waals surface area contributed by atoms with Gasteiger partial charge in [-0.2, -0.15) is 0 Å². The summed E-state index contributed by atoms with van der Waals surface area (Å²) < 4.78 is 7.75. The van der Waals surface area contributed by atoms with Gasteiger partial charge in [-0.1, -0.05) is 6.42 Å². The molecule has 0 spiro atoms. The zero-order valence-corrected chi connectivity index (χ0v) is 14.6. The summed E-state index contributed by atoms with van der Waals surface area (Å²) in [5.41, 5.74) is 0.868. The monoisotopic (exact) mass is 340 g/mol. The fourth-order valence-corrected chi connectivity index (χ4v) is 3.53. The lowest BCUT2D eigenvalue weighted by molar-refractivity contribution is 0.0493. The molecule has 1 aliphatic heterocycles. The molecule has 6 nitrogen and oxygen atoms in total. The molecule has 1 aliphatic carbocycles. The van der Waals surface area contributed by atoms with E-state index in [2.05, 4.69) is 15.0 Å². The van der Waals surface area contributed by atoms with Crippen molar-refractivity contribution in [3.8, 4) is 11.4 Å². The lowest BCUT2D eigenvalue weighted by atomic mass is 9.90. The van der Waals surface area contributed by atoms with Crippen molar-refractivity contribution in [2.45, 2.75) is 51.2 Å². The van der Waals surface area contributed by atoms with Gasteiger partial charge in [-0.3, -0.25) is 4.79 Å². The van der Waals surface area contributed by atoms with Gasteiger partial charge < -0.3 is 9.64 Å². The average Bonchev–Trinajstić information content (AvgIpc) is 3.06. The topological polar surface area (TPSA) is 60.3 Å². The summed E-state index contributed by atoms with van der Waals surface area (Å²) in [5, 5.41) is 4.17. The van der Waals surface area contributed by atoms with Gasteiger partial charge >= 0.3 is 0 Å². The maximum absolute atomic E-state index is 11.3. The number of benzene rings is 1. The van der Waals surface area contributed by atoms with Gasteiger partial charge in [0.2, 0.25) is 5.82 Å². The summed E-state index contributed by atoms with van der Waals surface area (Å²) in [5.74, 6) is 0.989. The molecule has 132 valence electrons. The molecule has 2 fully saturated rings. The first-order chi connectivity index (χ1) is 12.2. The first-order valence-electron chi connectivity index (χ1n) is 9.13. The van der Waals surface area contributed by atoms with E-state index in [1.165, 1.54) is 26.2 Å². The quantitative estimate of drug-likeness (QED) is 0.783. The van der Waals surface area contributed by atoms with E-state index in [1.54, 1.807) is 11.0 Å². The highest BCUT2D eigenvalue weighted by molar-refractivity contribution is 5.90. The Labute approximate surface area is 147 Å². The Morgan fingerprint density at radius 2 is 1.84 bits per heavy atom. The Hall–Kier alpha value is -2.21. The Balaban J connectivity index is 1.33. The summed E-state index contributed by atoms with van der Waals surface area (Å²) >= 11 is 0. The molecule has 2 aromatic rings. The highest BCUT2D eigenvalue weighted by atomic mass is 16.5. The molecular formula is C19H24N4O2. The van der Waals surface area contributed by atoms with E-state index in [0.29, 0.717) is 6.10 Å². The minimum atomic E-state index is -0.132. The number of Topliss-reactive ketones (excluding diaryl/α,β-unsaturated/α-hetero) is 1. The van der Waals surface area contributed by atoms with Crippen LogP contribution in [0.1, 0.15) is 49.6 Å². The number of aromatic nitrogens is 3. The predicted molar refractivity (Wildman–Crippen MR) is 94.2 cm³/mol. The molecule has 0 atom stereocenters. The van der Waals surface area contributed by atoms with Crippen molar-refractivity contribution in [1.82, 2.24) is 19.7 Å². The fraction of sp³-hybridized carbons (Fsp3) is 0.526. The summed E-state index contributed by atoms with van der Waals surface area (Å²) in [6, 6.07) is 8.64. The molecule has 2 aliphatic rings. The summed E-state index contributed by atoms with van der Waals surface area (Å²) in [6.07, 6.45) is 8.21. The molecule has 1 saturated carbocycles. The van der Waals surface area contributed by atoms with Crippen molar-refractivity contribution in [2.75, 3.05) is 13.1 Å². The van der Waals surface area contributed by atoms with Crippen LogP contribution in [0.4, 0.5) is 0 Å². The third kappa shape index (κ3) is 3.58. The third-order valence-corrected chi connectivity index (χ3v) is 5.28. The lowest BCUT2D eigenvalue weighted by Crippen LogP contribution is -2.46. The van der Waals surface area contributed by atoms with Crippen molar-refractivity contribution >= 4 is 5.78 Å². The van der Waals surface area contributed by atoms with Crippen molar-refractivity contribution in [3.63, 3.8) is 0 Å². The Morgan fingerprint density at radius 1 is 1.12 bits per heavy atom. The van der Waals surface area contributed by atoms with Crippen LogP contribution in [0.15, 0.2) is 30.6 Å². The summed E-state index contributed by atoms with van der Waals surface area (Å²) in [7, 11) is 0. The molecule has 2 heterocycles. The van der Waals surface area contributed by atoms with Crippen molar-refractivity contribution in [3.05, 3.63) is 36.4 Å². The molecule has 25 heavy (non-hydrogen) atoms. The minimum Gasteiger partial charge on any atom is -0.490 e. The van der Waals surface area contributed by atoms with Crippen LogP contribution in [0.2, 0.25) is 0 Å². The van der Waals surface area contributed by atoms with E-state index < -0.39 is 0 Å². The Morgan fingerprint density at radius 3 is 2.40 bits per heavy atom. The van der Waals surface area contributed by atoms with Crippen molar-refractivity contribution in [1.29, 1.82) is 0 Å². The molecule has 1 aromatic heterocycles. The molecule has 0 N–H and O–H groups in total. The van der Waals surface area contributed by atoms with Gasteiger partial charge in [0.25, 0.3) is 0 Å². The van der Waals surface area contributed by atoms with Crippen molar-refractivity contribution < 1.29 is 9.53 Å². The summed E-state index contributed by atoms with van der Waals surface area (Å²) in [4.78, 5) is 17.9. The normalized spacial score (nSPS) is 19.6. The van der Waals surface area contributed by atoms with Crippen LogP contribution < -0.4 is 4.74 Å². The molecule has 0 unspecified atom stereocenters. The van der Waals surface area contributed by atoms with Crippen molar-refractivity contribution in [2.24, 2.45) is 0 Å². The van der Waals surface area contributed by atoms with Gasteiger partial charge in [0.1, 0.15) is 18.2 Å². The van der Waals surface area contributed by atoms with Crippen LogP contribution in [-0.2, 0) is 0 Å². The molecule has 0 amide bonds. The van der Waals surface area contributed by atoms with Gasteiger partial charge in [0.05, 0.1) is 5.69 Å². The second-order valence-corrected chi connectivity index (χ2v) is 7.00. The van der Waals surface area contributed by atoms with E-state index in [1.807, 2.05) is 24.3 Å². The fourth-order valence-electron chi connectivity index (χ4n) is 3.53. The maximum atomic E-state index is 11.3. The van der Waals surface area contributed by atoms with E-state index in [-0.39, 0.29) is 11.6 Å². The standard InChI is InChI=1S/C19H24N4O2/c1-14(24)19-20-13-23(21-19)16-5-7-17(8-6-16)25-18-9-11-22(12-10-18)15-3-2-4-15/h5-8,13,15,18H,2-4,9-12H2,1H3. The van der Waals surface area contributed by atoms with E-state index in [4.69, 9.17) is 4.74 Å². The highest BCUT2D eigenvalue weighted by Crippen LogP contribution is 2.28. The van der Waals surface area contributed by atoms with Gasteiger partial charge in [0, 0.05) is 26.1 Å². The van der Waals surface area contributed by atoms with Crippen LogP contribution in [0.5, 0.6) is 5.75 Å². The lowest BCUT2D eigenvalue weighted by Gasteiger charge is -2.41. The molecule has 6 heteroatoms. The number of hydrogen-bond acceptors (Lipinski definition) is 5. The smallest absolute Gasteiger partial charge is 0.217 e. The molecule has 4 rings (SSSR count). The number of piperidine rings is 1. The number of likely N-dealkylation sites (tertiary alicyclic amines) is 1. The van der Waals surface area contributed by atoms with E-state index in [0.717, 1.165) is 43.4 Å². The maximum Gasteiger partial charge on any atom is 0.217 e. The number of rotatable bonds is 5. The number of ketones is 1. The number of carbonyl (C=O) groups is 1. The Kier molecular flexibility index (Phi) is 4.53. The molecular weight excluding hydrogens is 316 g/mol. The number of hydrogen-bond donors (Lipinski definition) is 0. The second-order valence-electron chi connectivity index (χ2n) is 7.00. The van der Waals surface area contributed by atoms with Crippen LogP contribution in [0, 0.1) is 0 Å². The first kappa shape index (κ1) is 16.3. The predicted octanol–water partition coefficient (Wildman–Crippen LogP) is 2.87. The third-order valence-electron chi connectivity index (χ3n) is 5.28. The van der Waals surface area contributed by atoms with Gasteiger partial charge in [0.15, 0.2) is 5.78 Å². The molecule has 1 aromatic carbocycles. The Bertz CT molecular complexity index is 728. The van der Waals surface area contributed by atoms with Crippen LogP contribution in [0.3, 0.4) is 0 Å². The first-order valence-corrected chi connectivity index (χ1v) is 9.13. The van der Waals surface area contributed by atoms with Crippen LogP contribution in [-0.4, -0.2) is 50.7 Å². The summed E-state index contributed by atoms with van der Waals surface area (Å²) in [6.45, 7) is 3.77. The number of ether oxygens (including phenoxy) is 1. The average molecular weight is 340 g/mol. The largest absolute Gasteiger partial charge is 0.490 e. The molecule has 0 radical (unpaired) electrons. The molecule has 1 saturated heterocycles. The van der Waals surface area contributed by atoms with E-state index >= 15 is 0 Å². The number of carbonyl (C=O) groups excluding carboxylic acids is 1. The second kappa shape index (κ2) is 6.96. The zero-order valence-electron chi connectivity index (χ0n) is 14.6. The van der Waals surface area contributed by atoms with Gasteiger partial charge in [-0.25, -0.2) is 9.67 Å². The van der Waals surface area contributed by atoms with Gasteiger partial charge in [-0.05, 0) is 49.9 Å². The van der Waals surface area contributed by atoms with Crippen LogP contribution in [0.25, 0.3) is 5.69 Å². The highest BCUT2D eigenvalue weighted by Gasteiger charge is 2.29.